The van der Waals surface area contributed by atoms with Crippen LogP contribution in [-0.2, 0) is 15.6 Å². The van der Waals surface area contributed by atoms with Crippen molar-refractivity contribution in [1.82, 2.24) is 0 Å². The van der Waals surface area contributed by atoms with E-state index >= 15 is 0 Å². The van der Waals surface area contributed by atoms with E-state index in [0.29, 0.717) is 26.4 Å². The molecule has 0 N–H and O–H groups in total. The highest BCUT2D eigenvalue weighted by molar-refractivity contribution is 7.93. The van der Waals surface area contributed by atoms with Crippen LogP contribution < -0.4 is 4.31 Å². The van der Waals surface area contributed by atoms with Crippen LogP contribution in [0.3, 0.4) is 0 Å². The number of anilines is 1. The second-order valence-electron chi connectivity index (χ2n) is 6.99. The van der Waals surface area contributed by atoms with Crippen molar-refractivity contribution in [2.45, 2.75) is 24.4 Å². The number of alkyl halides is 3. The molecule has 0 aliphatic carbocycles. The fraction of sp³-hybridized carbons (Fsp3) is 0.182. The van der Waals surface area contributed by atoms with Crippen molar-refractivity contribution in [2.75, 3.05) is 4.31 Å². The Labute approximate surface area is 167 Å². The molecule has 29 heavy (non-hydrogen) atoms. The van der Waals surface area contributed by atoms with E-state index in [9.17, 15) is 21.6 Å². The van der Waals surface area contributed by atoms with Gasteiger partial charge in [-0.3, -0.25) is 0 Å². The molecule has 0 aromatic heterocycles. The molecule has 1 aliphatic rings. The maximum Gasteiger partial charge on any atom is 0.516 e. The number of halogens is 3. The molecule has 0 saturated heterocycles. The van der Waals surface area contributed by atoms with Gasteiger partial charge in [0.2, 0.25) is 0 Å². The van der Waals surface area contributed by atoms with Crippen molar-refractivity contribution in [3.05, 3.63) is 84.4 Å². The van der Waals surface area contributed by atoms with E-state index in [1.165, 1.54) is 6.07 Å². The van der Waals surface area contributed by atoms with Gasteiger partial charge in [-0.05, 0) is 40.5 Å². The van der Waals surface area contributed by atoms with Gasteiger partial charge in [0.05, 0.1) is 5.69 Å². The van der Waals surface area contributed by atoms with Gasteiger partial charge in [0.25, 0.3) is 0 Å². The third-order valence-electron chi connectivity index (χ3n) is 5.55. The smallest absolute Gasteiger partial charge is 0.247 e. The van der Waals surface area contributed by atoms with E-state index in [0.717, 1.165) is 5.39 Å². The fourth-order valence-corrected chi connectivity index (χ4v) is 5.57. The largest absolute Gasteiger partial charge is 0.516 e. The summed E-state index contributed by atoms with van der Waals surface area (Å²) in [5, 5.41) is 1.46. The summed E-state index contributed by atoms with van der Waals surface area (Å²) in [5.74, 6) is 0. The highest BCUT2D eigenvalue weighted by Crippen LogP contribution is 2.57. The van der Waals surface area contributed by atoms with Gasteiger partial charge in [-0.15, -0.1) is 0 Å². The second-order valence-corrected chi connectivity index (χ2v) is 8.77. The van der Waals surface area contributed by atoms with E-state index in [4.69, 9.17) is 0 Å². The maximum atomic E-state index is 13.8. The summed E-state index contributed by atoms with van der Waals surface area (Å²) in [5.41, 5.74) is -5.83. The molecule has 4 rings (SSSR count). The lowest BCUT2D eigenvalue weighted by atomic mass is 9.81. The summed E-state index contributed by atoms with van der Waals surface area (Å²) in [6.45, 7) is 5.74. The van der Waals surface area contributed by atoms with Crippen molar-refractivity contribution >= 4 is 32.1 Å². The first-order valence-electron chi connectivity index (χ1n) is 9.04. The summed E-state index contributed by atoms with van der Waals surface area (Å²) in [7, 11) is -5.69. The molecule has 1 atom stereocenters. The minimum Gasteiger partial charge on any atom is -0.247 e. The van der Waals surface area contributed by atoms with Crippen LogP contribution in [0.25, 0.3) is 16.3 Å². The summed E-state index contributed by atoms with van der Waals surface area (Å²) < 4.78 is 67.4. The van der Waals surface area contributed by atoms with Crippen LogP contribution in [0.5, 0.6) is 0 Å². The van der Waals surface area contributed by atoms with Crippen LogP contribution >= 0.6 is 0 Å². The van der Waals surface area contributed by atoms with Crippen molar-refractivity contribution in [1.29, 1.82) is 0 Å². The number of fused-ring (bicyclic) bond motifs is 2. The molecule has 0 amide bonds. The first-order chi connectivity index (χ1) is 13.6. The van der Waals surface area contributed by atoms with E-state index in [1.807, 2.05) is 12.1 Å². The number of rotatable bonds is 3. The Balaban J connectivity index is 2.13. The Morgan fingerprint density at radius 2 is 1.52 bits per heavy atom. The molecule has 7 heteroatoms. The van der Waals surface area contributed by atoms with Crippen molar-refractivity contribution < 1.29 is 21.6 Å². The van der Waals surface area contributed by atoms with Crippen LogP contribution in [0, 0.1) is 0 Å². The standard InChI is InChI=1S/C22H18F3NO2S/c1-3-21(18-11-5-4-6-12-18)15(2)19-13-16-9-7-8-10-17(16)14-20(19)26(21)29(27,28)22(23,24)25/h4-14H,2-3H2,1H3/t21-/m0/s1. The molecule has 3 aromatic carbocycles. The molecule has 1 aliphatic heterocycles. The normalized spacial score (nSPS) is 19.6. The zero-order valence-corrected chi connectivity index (χ0v) is 16.4. The van der Waals surface area contributed by atoms with E-state index in [1.54, 1.807) is 55.5 Å². The summed E-state index contributed by atoms with van der Waals surface area (Å²) >= 11 is 0. The zero-order valence-electron chi connectivity index (χ0n) is 15.6. The van der Waals surface area contributed by atoms with Gasteiger partial charge in [-0.2, -0.15) is 21.6 Å². The summed E-state index contributed by atoms with van der Waals surface area (Å²) in [4.78, 5) is 0. The Kier molecular flexibility index (Phi) is 4.27. The second kappa shape index (κ2) is 6.35. The highest BCUT2D eigenvalue weighted by atomic mass is 32.2. The zero-order chi connectivity index (χ0) is 21.0. The van der Waals surface area contributed by atoms with Crippen LogP contribution in [0.2, 0.25) is 0 Å². The molecule has 3 aromatic rings. The molecule has 0 unspecified atom stereocenters. The highest BCUT2D eigenvalue weighted by Gasteiger charge is 2.60. The third-order valence-corrected chi connectivity index (χ3v) is 7.12. The van der Waals surface area contributed by atoms with E-state index in [2.05, 4.69) is 6.58 Å². The minimum absolute atomic E-state index is 0.00303. The number of sulfonamides is 1. The molecule has 3 nitrogen and oxygen atoms in total. The SMILES string of the molecule is C=C1c2cc3ccccc3cc2N(S(=O)(=O)C(F)(F)F)[C@]1(CC)c1ccccc1. The van der Waals surface area contributed by atoms with Gasteiger partial charge in [0.1, 0.15) is 5.54 Å². The predicted octanol–water partition coefficient (Wildman–Crippen LogP) is 5.83. The minimum atomic E-state index is -5.69. The number of benzene rings is 3. The van der Waals surface area contributed by atoms with Crippen molar-refractivity contribution in [3.63, 3.8) is 0 Å². The van der Waals surface area contributed by atoms with Crippen LogP contribution in [0.4, 0.5) is 18.9 Å². The maximum absolute atomic E-state index is 13.8. The number of hydrogen-bond donors (Lipinski definition) is 0. The monoisotopic (exact) mass is 417 g/mol. The number of nitrogens with zero attached hydrogens (tertiary/aromatic N) is 1. The average Bonchev–Trinajstić information content (AvgIpc) is 2.95. The molecule has 0 radical (unpaired) electrons. The first kappa shape index (κ1) is 19.5. The molecular formula is C22H18F3NO2S. The molecule has 0 fully saturated rings. The molecule has 0 spiro atoms. The molecule has 150 valence electrons. The van der Waals surface area contributed by atoms with Crippen molar-refractivity contribution in [3.8, 4) is 0 Å². The van der Waals surface area contributed by atoms with Gasteiger partial charge >= 0.3 is 15.5 Å². The Hall–Kier alpha value is -2.80. The van der Waals surface area contributed by atoms with Crippen molar-refractivity contribution in [2.24, 2.45) is 0 Å². The van der Waals surface area contributed by atoms with Crippen LogP contribution in [0.15, 0.2) is 73.3 Å². The lowest BCUT2D eigenvalue weighted by Crippen LogP contribution is -2.51. The summed E-state index contributed by atoms with van der Waals surface area (Å²) in [6.07, 6.45) is 0.0934. The average molecular weight is 417 g/mol. The Morgan fingerprint density at radius 3 is 2.07 bits per heavy atom. The van der Waals surface area contributed by atoms with Crippen LogP contribution in [-0.4, -0.2) is 13.9 Å². The molecule has 0 bridgehead atoms. The van der Waals surface area contributed by atoms with Gasteiger partial charge in [0.15, 0.2) is 0 Å². The predicted molar refractivity (Wildman–Crippen MR) is 109 cm³/mol. The van der Waals surface area contributed by atoms with Crippen LogP contribution in [0.1, 0.15) is 24.5 Å². The number of hydrogen-bond acceptors (Lipinski definition) is 2. The topological polar surface area (TPSA) is 37.4 Å². The molecular weight excluding hydrogens is 399 g/mol. The summed E-state index contributed by atoms with van der Waals surface area (Å²) in [6, 6.07) is 18.7. The van der Waals surface area contributed by atoms with Gasteiger partial charge < -0.3 is 0 Å². The van der Waals surface area contributed by atoms with E-state index < -0.39 is 21.1 Å². The third kappa shape index (κ3) is 2.60. The van der Waals surface area contributed by atoms with Gasteiger partial charge in [-0.25, -0.2) is 4.31 Å². The first-order valence-corrected chi connectivity index (χ1v) is 10.5. The van der Waals surface area contributed by atoms with E-state index in [-0.39, 0.29) is 12.1 Å². The van der Waals surface area contributed by atoms with Gasteiger partial charge in [-0.1, -0.05) is 68.1 Å². The van der Waals surface area contributed by atoms with Gasteiger partial charge in [0, 0.05) is 5.56 Å². The lowest BCUT2D eigenvalue weighted by Gasteiger charge is -2.40. The lowest BCUT2D eigenvalue weighted by molar-refractivity contribution is -0.0442. The molecule has 1 heterocycles. The Bertz CT molecular complexity index is 1220. The fourth-order valence-electron chi connectivity index (χ4n) is 4.19. The Morgan fingerprint density at radius 1 is 0.966 bits per heavy atom. The molecule has 0 saturated carbocycles. The quantitative estimate of drug-likeness (QED) is 0.538.